The third-order valence-electron chi connectivity index (χ3n) is 2.39. The van der Waals surface area contributed by atoms with Gasteiger partial charge in [0.1, 0.15) is 10.7 Å². The predicted octanol–water partition coefficient (Wildman–Crippen LogP) is -0.615. The number of nitrogens with one attached hydrogen (secondary N) is 2. The second-order valence-electron chi connectivity index (χ2n) is 4.61. The van der Waals surface area contributed by atoms with Crippen LogP contribution in [0.1, 0.15) is 13.8 Å². The number of hydrogen-bond acceptors (Lipinski definition) is 5. The first-order valence-electron chi connectivity index (χ1n) is 5.77. The summed E-state index contributed by atoms with van der Waals surface area (Å²) in [4.78, 5) is 11.5. The van der Waals surface area contributed by atoms with E-state index < -0.39 is 10.0 Å². The van der Waals surface area contributed by atoms with Gasteiger partial charge in [0.25, 0.3) is 0 Å². The van der Waals surface area contributed by atoms with E-state index in [2.05, 4.69) is 15.5 Å². The fourth-order valence-corrected chi connectivity index (χ4v) is 2.45. The van der Waals surface area contributed by atoms with Gasteiger partial charge in [-0.3, -0.25) is 9.89 Å². The molecular formula is C10H19N5O3S. The molecule has 1 aromatic rings. The Morgan fingerprint density at radius 2 is 2.21 bits per heavy atom. The van der Waals surface area contributed by atoms with Gasteiger partial charge in [0.05, 0.1) is 12.7 Å². The molecule has 9 heteroatoms. The van der Waals surface area contributed by atoms with Crippen molar-refractivity contribution in [3.63, 3.8) is 0 Å². The number of anilines is 1. The van der Waals surface area contributed by atoms with Gasteiger partial charge in [-0.05, 0) is 5.92 Å². The maximum atomic E-state index is 12.1. The molecule has 0 saturated heterocycles. The molecule has 0 atom stereocenters. The number of sulfonamides is 1. The maximum absolute atomic E-state index is 12.1. The van der Waals surface area contributed by atoms with Crippen molar-refractivity contribution in [2.24, 2.45) is 5.92 Å². The summed E-state index contributed by atoms with van der Waals surface area (Å²) in [5.41, 5.74) is 5.47. The zero-order valence-corrected chi connectivity index (χ0v) is 12.0. The number of aromatic amines is 1. The Morgan fingerprint density at radius 1 is 1.58 bits per heavy atom. The summed E-state index contributed by atoms with van der Waals surface area (Å²) < 4.78 is 25.1. The highest BCUT2D eigenvalue weighted by Crippen LogP contribution is 2.17. The Labute approximate surface area is 112 Å². The Kier molecular flexibility index (Phi) is 4.90. The number of likely N-dealkylation sites (N-methyl/N-ethyl adjacent to an activating group) is 1. The van der Waals surface area contributed by atoms with Crippen molar-refractivity contribution in [1.82, 2.24) is 19.8 Å². The fourth-order valence-electron chi connectivity index (χ4n) is 1.32. The van der Waals surface area contributed by atoms with Gasteiger partial charge in [-0.2, -0.15) is 9.40 Å². The topological polar surface area (TPSA) is 121 Å². The van der Waals surface area contributed by atoms with E-state index in [1.54, 1.807) is 0 Å². The van der Waals surface area contributed by atoms with Gasteiger partial charge in [-0.25, -0.2) is 8.42 Å². The summed E-state index contributed by atoms with van der Waals surface area (Å²) in [6.07, 6.45) is 1.12. The summed E-state index contributed by atoms with van der Waals surface area (Å²) in [7, 11) is -2.49. The maximum Gasteiger partial charge on any atom is 0.248 e. The first-order chi connectivity index (χ1) is 8.75. The SMILES string of the molecule is CC(C)CNC(=O)CN(C)S(=O)(=O)c1cn[nH]c1N. The van der Waals surface area contributed by atoms with Crippen molar-refractivity contribution in [2.75, 3.05) is 25.9 Å². The quantitative estimate of drug-likeness (QED) is 0.644. The number of nitrogens with two attached hydrogens (primary N) is 1. The third-order valence-corrected chi connectivity index (χ3v) is 4.23. The number of nitrogen functional groups attached to an aromatic ring is 1. The van der Waals surface area contributed by atoms with Crippen molar-refractivity contribution in [3.8, 4) is 0 Å². The average molecular weight is 289 g/mol. The first-order valence-corrected chi connectivity index (χ1v) is 7.21. The second kappa shape index (κ2) is 6.02. The zero-order chi connectivity index (χ0) is 14.6. The standard InChI is InChI=1S/C10H19N5O3S/c1-7(2)4-12-9(16)6-15(3)19(17,18)8-5-13-14-10(8)11/h5,7H,4,6H2,1-3H3,(H,12,16)(H3,11,13,14). The smallest absolute Gasteiger partial charge is 0.248 e. The molecule has 0 aromatic carbocycles. The van der Waals surface area contributed by atoms with E-state index in [1.165, 1.54) is 7.05 Å². The lowest BCUT2D eigenvalue weighted by Gasteiger charge is -2.16. The number of carbonyl (C=O) groups is 1. The number of carbonyl (C=O) groups excluding carboxylic acids is 1. The van der Waals surface area contributed by atoms with Crippen LogP contribution in [0.5, 0.6) is 0 Å². The molecule has 0 aliphatic carbocycles. The van der Waals surface area contributed by atoms with E-state index in [0.717, 1.165) is 10.5 Å². The Bertz CT molecular complexity index is 537. The molecule has 0 radical (unpaired) electrons. The zero-order valence-electron chi connectivity index (χ0n) is 11.2. The van der Waals surface area contributed by atoms with Crippen LogP contribution in [-0.2, 0) is 14.8 Å². The Hall–Kier alpha value is -1.61. The van der Waals surface area contributed by atoms with Gasteiger partial charge >= 0.3 is 0 Å². The van der Waals surface area contributed by atoms with E-state index in [1.807, 2.05) is 13.8 Å². The summed E-state index contributed by atoms with van der Waals surface area (Å²) in [5, 5.41) is 8.54. The molecule has 0 bridgehead atoms. The van der Waals surface area contributed by atoms with Crippen LogP contribution >= 0.6 is 0 Å². The molecule has 1 amide bonds. The molecule has 8 nitrogen and oxygen atoms in total. The number of hydrogen-bond donors (Lipinski definition) is 3. The molecule has 0 unspecified atom stereocenters. The van der Waals surface area contributed by atoms with Gasteiger partial charge in [-0.1, -0.05) is 13.8 Å². The molecule has 4 N–H and O–H groups in total. The number of nitrogens with zero attached hydrogens (tertiary/aromatic N) is 2. The van der Waals surface area contributed by atoms with Crippen LogP contribution < -0.4 is 11.1 Å². The summed E-state index contributed by atoms with van der Waals surface area (Å²) >= 11 is 0. The monoisotopic (exact) mass is 289 g/mol. The first kappa shape index (κ1) is 15.4. The van der Waals surface area contributed by atoms with E-state index >= 15 is 0 Å². The normalized spacial score (nSPS) is 12.1. The fraction of sp³-hybridized carbons (Fsp3) is 0.600. The number of H-pyrrole nitrogens is 1. The lowest BCUT2D eigenvalue weighted by atomic mass is 10.2. The van der Waals surface area contributed by atoms with Crippen LogP contribution in [0.3, 0.4) is 0 Å². The van der Waals surface area contributed by atoms with Crippen LogP contribution in [-0.4, -0.2) is 49.0 Å². The molecule has 1 heterocycles. The van der Waals surface area contributed by atoms with E-state index in [9.17, 15) is 13.2 Å². The lowest BCUT2D eigenvalue weighted by Crippen LogP contribution is -2.39. The molecule has 0 aliphatic rings. The van der Waals surface area contributed by atoms with Crippen LogP contribution in [0.15, 0.2) is 11.1 Å². The molecular weight excluding hydrogens is 270 g/mol. The van der Waals surface area contributed by atoms with Gasteiger partial charge in [0.2, 0.25) is 15.9 Å². The highest BCUT2D eigenvalue weighted by Gasteiger charge is 2.26. The molecule has 108 valence electrons. The van der Waals surface area contributed by atoms with Gasteiger partial charge in [0, 0.05) is 13.6 Å². The highest BCUT2D eigenvalue weighted by molar-refractivity contribution is 7.89. The molecule has 19 heavy (non-hydrogen) atoms. The predicted molar refractivity (Wildman–Crippen MR) is 70.7 cm³/mol. The molecule has 0 fully saturated rings. The number of amides is 1. The van der Waals surface area contributed by atoms with Crippen LogP contribution in [0.25, 0.3) is 0 Å². The summed E-state index contributed by atoms with van der Waals surface area (Å²) in [5.74, 6) is -0.105. The minimum absolute atomic E-state index is 0.0468. The van der Waals surface area contributed by atoms with Gasteiger partial charge in [-0.15, -0.1) is 0 Å². The van der Waals surface area contributed by atoms with E-state index in [0.29, 0.717) is 12.5 Å². The molecule has 0 aliphatic heterocycles. The number of aromatic nitrogens is 2. The number of rotatable bonds is 6. The Morgan fingerprint density at radius 3 is 2.68 bits per heavy atom. The van der Waals surface area contributed by atoms with E-state index in [4.69, 9.17) is 5.73 Å². The second-order valence-corrected chi connectivity index (χ2v) is 6.62. The van der Waals surface area contributed by atoms with Crippen LogP contribution in [0.4, 0.5) is 5.82 Å². The van der Waals surface area contributed by atoms with Crippen molar-refractivity contribution in [1.29, 1.82) is 0 Å². The van der Waals surface area contributed by atoms with Crippen molar-refractivity contribution in [2.45, 2.75) is 18.7 Å². The van der Waals surface area contributed by atoms with Crippen molar-refractivity contribution < 1.29 is 13.2 Å². The van der Waals surface area contributed by atoms with Gasteiger partial charge in [0.15, 0.2) is 0 Å². The minimum Gasteiger partial charge on any atom is -0.383 e. The largest absolute Gasteiger partial charge is 0.383 e. The van der Waals surface area contributed by atoms with E-state index in [-0.39, 0.29) is 23.2 Å². The summed E-state index contributed by atoms with van der Waals surface area (Å²) in [6.45, 7) is 4.14. The minimum atomic E-state index is -3.81. The van der Waals surface area contributed by atoms with Gasteiger partial charge < -0.3 is 11.1 Å². The summed E-state index contributed by atoms with van der Waals surface area (Å²) in [6, 6.07) is 0. The molecule has 1 rings (SSSR count). The average Bonchev–Trinajstić information content (AvgIpc) is 2.73. The molecule has 0 spiro atoms. The molecule has 1 aromatic heterocycles. The third kappa shape index (κ3) is 3.93. The lowest BCUT2D eigenvalue weighted by molar-refractivity contribution is -0.121. The molecule has 0 saturated carbocycles. The van der Waals surface area contributed by atoms with Crippen molar-refractivity contribution in [3.05, 3.63) is 6.20 Å². The van der Waals surface area contributed by atoms with Crippen LogP contribution in [0.2, 0.25) is 0 Å². The highest BCUT2D eigenvalue weighted by atomic mass is 32.2. The van der Waals surface area contributed by atoms with Crippen LogP contribution in [0, 0.1) is 5.92 Å². The Balaban J connectivity index is 2.70. The van der Waals surface area contributed by atoms with Crippen molar-refractivity contribution >= 4 is 21.7 Å².